The van der Waals surface area contributed by atoms with Crippen LogP contribution in [0.15, 0.2) is 42.5 Å². The average molecular weight is 541 g/mol. The van der Waals surface area contributed by atoms with Gasteiger partial charge < -0.3 is 25.6 Å². The summed E-state index contributed by atoms with van der Waals surface area (Å²) in [4.78, 5) is 40.7. The summed E-state index contributed by atoms with van der Waals surface area (Å²) in [6.45, 7) is 7.88. The fraction of sp³-hybridized carbons (Fsp3) is 0.370. The third kappa shape index (κ3) is 6.37. The van der Waals surface area contributed by atoms with Crippen LogP contribution in [0.25, 0.3) is 10.8 Å². The SMILES string of the molecule is CNC(=O)c1sc(C(C)(C)C)cc1NC(=O)Nc1ccc(OCCN2CCSCC2=O)c2ccccc12. The first-order valence-electron chi connectivity index (χ1n) is 12.1. The molecule has 2 heterocycles. The predicted octanol–water partition coefficient (Wildman–Crippen LogP) is 5.16. The van der Waals surface area contributed by atoms with Crippen molar-refractivity contribution in [3.63, 3.8) is 0 Å². The van der Waals surface area contributed by atoms with Crippen molar-refractivity contribution in [2.75, 3.05) is 48.9 Å². The lowest BCUT2D eigenvalue weighted by atomic mass is 9.94. The Hall–Kier alpha value is -3.24. The standard InChI is InChI=1S/C27H32N4O4S2/c1-27(2,3)22-15-20(24(37-22)25(33)28-4)30-26(34)29-19-9-10-21(18-8-6-5-7-17(18)19)35-13-11-31-12-14-36-16-23(31)32/h5-10,15H,11-14,16H2,1-4H3,(H,28,33)(H2,29,30,34). The van der Waals surface area contributed by atoms with Crippen LogP contribution in [-0.2, 0) is 10.2 Å². The molecule has 0 aliphatic carbocycles. The maximum atomic E-state index is 13.0. The zero-order valence-electron chi connectivity index (χ0n) is 21.5. The zero-order valence-corrected chi connectivity index (χ0v) is 23.1. The smallest absolute Gasteiger partial charge is 0.323 e. The zero-order chi connectivity index (χ0) is 26.6. The molecule has 3 N–H and O–H groups in total. The first-order chi connectivity index (χ1) is 17.7. The molecule has 2 aromatic carbocycles. The third-order valence-corrected chi connectivity index (χ3v) is 8.47. The monoisotopic (exact) mass is 540 g/mol. The summed E-state index contributed by atoms with van der Waals surface area (Å²) in [7, 11) is 1.57. The van der Waals surface area contributed by atoms with Crippen LogP contribution in [0.3, 0.4) is 0 Å². The summed E-state index contributed by atoms with van der Waals surface area (Å²) in [6.07, 6.45) is 0. The minimum absolute atomic E-state index is 0.148. The molecule has 1 fully saturated rings. The fourth-order valence-electron chi connectivity index (χ4n) is 3.97. The van der Waals surface area contributed by atoms with E-state index >= 15 is 0 Å². The van der Waals surface area contributed by atoms with Crippen molar-refractivity contribution in [2.45, 2.75) is 26.2 Å². The van der Waals surface area contributed by atoms with Crippen LogP contribution in [-0.4, -0.2) is 61.0 Å². The summed E-state index contributed by atoms with van der Waals surface area (Å²) >= 11 is 3.03. The molecule has 3 aromatic rings. The van der Waals surface area contributed by atoms with Crippen LogP contribution in [0.1, 0.15) is 35.3 Å². The van der Waals surface area contributed by atoms with Gasteiger partial charge >= 0.3 is 6.03 Å². The van der Waals surface area contributed by atoms with Gasteiger partial charge in [0.2, 0.25) is 5.91 Å². The Balaban J connectivity index is 1.49. The molecule has 1 aliphatic rings. The van der Waals surface area contributed by atoms with Crippen LogP contribution in [0, 0.1) is 0 Å². The van der Waals surface area contributed by atoms with E-state index in [-0.39, 0.29) is 17.2 Å². The first kappa shape index (κ1) is 26.8. The molecule has 1 saturated heterocycles. The number of nitrogens with zero attached hydrogens (tertiary/aromatic N) is 1. The van der Waals surface area contributed by atoms with E-state index in [1.807, 2.05) is 41.3 Å². The topological polar surface area (TPSA) is 99.8 Å². The number of carbonyl (C=O) groups is 3. The van der Waals surface area contributed by atoms with Gasteiger partial charge in [-0.25, -0.2) is 4.79 Å². The van der Waals surface area contributed by atoms with Gasteiger partial charge in [0.25, 0.3) is 5.91 Å². The van der Waals surface area contributed by atoms with Crippen LogP contribution in [0.4, 0.5) is 16.2 Å². The number of carbonyl (C=O) groups excluding carboxylic acids is 3. The third-order valence-electron chi connectivity index (χ3n) is 5.99. The molecule has 0 atom stereocenters. The highest BCUT2D eigenvalue weighted by atomic mass is 32.2. The van der Waals surface area contributed by atoms with Crippen LogP contribution in [0.5, 0.6) is 5.75 Å². The summed E-state index contributed by atoms with van der Waals surface area (Å²) in [5.41, 5.74) is 0.939. The number of nitrogens with one attached hydrogen (secondary N) is 3. The molecule has 0 saturated carbocycles. The lowest BCUT2D eigenvalue weighted by Crippen LogP contribution is -2.40. The summed E-state index contributed by atoms with van der Waals surface area (Å²) in [5, 5.41) is 10.1. The number of fused-ring (bicyclic) bond motifs is 1. The van der Waals surface area contributed by atoms with Crippen molar-refractivity contribution in [1.29, 1.82) is 0 Å². The molecule has 8 nitrogen and oxygen atoms in total. The number of thioether (sulfide) groups is 1. The maximum absolute atomic E-state index is 13.0. The molecular weight excluding hydrogens is 508 g/mol. The lowest BCUT2D eigenvalue weighted by Gasteiger charge is -2.26. The van der Waals surface area contributed by atoms with Gasteiger partial charge in [0.05, 0.1) is 23.7 Å². The van der Waals surface area contributed by atoms with Crippen LogP contribution in [0.2, 0.25) is 0 Å². The van der Waals surface area contributed by atoms with E-state index in [9.17, 15) is 14.4 Å². The molecule has 0 bridgehead atoms. The Bertz CT molecular complexity index is 1320. The summed E-state index contributed by atoms with van der Waals surface area (Å²) in [5.74, 6) is 2.07. The minimum atomic E-state index is -0.441. The highest BCUT2D eigenvalue weighted by Gasteiger charge is 2.24. The van der Waals surface area contributed by atoms with E-state index in [1.54, 1.807) is 24.9 Å². The number of hydrogen-bond donors (Lipinski definition) is 3. The molecule has 1 aliphatic heterocycles. The molecule has 4 rings (SSSR count). The number of thiophene rings is 1. The fourth-order valence-corrected chi connectivity index (χ4v) is 5.94. The van der Waals surface area contributed by atoms with Crippen molar-refractivity contribution >= 4 is 63.1 Å². The van der Waals surface area contributed by atoms with E-state index in [0.29, 0.717) is 40.9 Å². The number of anilines is 2. The van der Waals surface area contributed by atoms with E-state index in [2.05, 4.69) is 36.7 Å². The molecular formula is C27H32N4O4S2. The summed E-state index contributed by atoms with van der Waals surface area (Å²) < 4.78 is 6.04. The quantitative estimate of drug-likeness (QED) is 0.385. The number of urea groups is 1. The number of rotatable bonds is 7. The Labute approximate surface area is 225 Å². The summed E-state index contributed by atoms with van der Waals surface area (Å²) in [6, 6.07) is 12.7. The van der Waals surface area contributed by atoms with Gasteiger partial charge in [-0.15, -0.1) is 11.3 Å². The van der Waals surface area contributed by atoms with Crippen molar-refractivity contribution in [3.8, 4) is 5.75 Å². The van der Waals surface area contributed by atoms with E-state index < -0.39 is 6.03 Å². The van der Waals surface area contributed by atoms with Gasteiger partial charge in [-0.2, -0.15) is 11.8 Å². The van der Waals surface area contributed by atoms with E-state index in [4.69, 9.17) is 4.74 Å². The van der Waals surface area contributed by atoms with Crippen LogP contribution < -0.4 is 20.7 Å². The van der Waals surface area contributed by atoms with Crippen molar-refractivity contribution in [3.05, 3.63) is 52.2 Å². The molecule has 0 radical (unpaired) electrons. The average Bonchev–Trinajstić information content (AvgIpc) is 3.30. The van der Waals surface area contributed by atoms with Gasteiger partial charge in [0.15, 0.2) is 0 Å². The van der Waals surface area contributed by atoms with Gasteiger partial charge in [0.1, 0.15) is 17.2 Å². The Morgan fingerprint density at radius 3 is 2.49 bits per heavy atom. The van der Waals surface area contributed by atoms with E-state index in [1.165, 1.54) is 11.3 Å². The molecule has 0 unspecified atom stereocenters. The minimum Gasteiger partial charge on any atom is -0.491 e. The number of benzene rings is 2. The predicted molar refractivity (Wildman–Crippen MR) is 152 cm³/mol. The second-order valence-electron chi connectivity index (χ2n) is 9.70. The number of hydrogen-bond acceptors (Lipinski definition) is 6. The van der Waals surface area contributed by atoms with Crippen molar-refractivity contribution in [1.82, 2.24) is 10.2 Å². The molecule has 1 aromatic heterocycles. The molecule has 10 heteroatoms. The van der Waals surface area contributed by atoms with Crippen LogP contribution >= 0.6 is 23.1 Å². The lowest BCUT2D eigenvalue weighted by molar-refractivity contribution is -0.128. The number of amides is 4. The van der Waals surface area contributed by atoms with Crippen molar-refractivity contribution < 1.29 is 19.1 Å². The van der Waals surface area contributed by atoms with Crippen molar-refractivity contribution in [2.24, 2.45) is 0 Å². The largest absolute Gasteiger partial charge is 0.491 e. The number of ether oxygens (including phenoxy) is 1. The van der Waals surface area contributed by atoms with Gasteiger partial charge in [-0.3, -0.25) is 9.59 Å². The Morgan fingerprint density at radius 2 is 1.78 bits per heavy atom. The van der Waals surface area contributed by atoms with Gasteiger partial charge in [-0.05, 0) is 23.6 Å². The second-order valence-corrected chi connectivity index (χ2v) is 11.9. The first-order valence-corrected chi connectivity index (χ1v) is 14.1. The highest BCUT2D eigenvalue weighted by Crippen LogP contribution is 2.36. The highest BCUT2D eigenvalue weighted by molar-refractivity contribution is 8.00. The molecule has 0 spiro atoms. The van der Waals surface area contributed by atoms with E-state index in [0.717, 1.165) is 27.9 Å². The Morgan fingerprint density at radius 1 is 1.05 bits per heavy atom. The normalized spacial score (nSPS) is 13.9. The van der Waals surface area contributed by atoms with Gasteiger partial charge in [-0.1, -0.05) is 45.0 Å². The van der Waals surface area contributed by atoms with Gasteiger partial charge in [0, 0.05) is 35.0 Å². The maximum Gasteiger partial charge on any atom is 0.323 e. The Kier molecular flexibility index (Phi) is 8.29. The molecule has 196 valence electrons. The molecule has 37 heavy (non-hydrogen) atoms. The molecule has 4 amide bonds. The second kappa shape index (κ2) is 11.4.